The molecule has 112 valence electrons. The monoisotopic (exact) mass is 452 g/mol. The Morgan fingerprint density at radius 3 is 2.29 bits per heavy atom. The zero-order chi connectivity index (χ0) is 15.6. The third-order valence-electron chi connectivity index (χ3n) is 3.03. The summed E-state index contributed by atoms with van der Waals surface area (Å²) in [4.78, 5) is -0.0792. The highest BCUT2D eigenvalue weighted by atomic mass is 79.9. The Balaban J connectivity index is 2.50. The Morgan fingerprint density at radius 1 is 1.00 bits per heavy atom. The molecule has 21 heavy (non-hydrogen) atoms. The zero-order valence-corrected chi connectivity index (χ0v) is 16.0. The molecule has 0 saturated carbocycles. The number of halogens is 4. The Labute approximate surface area is 150 Å². The van der Waals surface area contributed by atoms with Crippen LogP contribution in [0.4, 0.5) is 0 Å². The number of rotatable bonds is 4. The zero-order valence-electron chi connectivity index (χ0n) is 11.3. The third-order valence-corrected chi connectivity index (χ3v) is 5.54. The van der Waals surface area contributed by atoms with E-state index < -0.39 is 0 Å². The van der Waals surface area contributed by atoms with Gasteiger partial charge in [0.25, 0.3) is 0 Å². The highest BCUT2D eigenvalue weighted by Gasteiger charge is 2.20. The van der Waals surface area contributed by atoms with Crippen LogP contribution in [0.15, 0.2) is 34.8 Å². The molecule has 0 aliphatic carbocycles. The number of hydrogen-bond donors (Lipinski definition) is 0. The fourth-order valence-electron chi connectivity index (χ4n) is 1.97. The van der Waals surface area contributed by atoms with Crippen molar-refractivity contribution in [3.05, 3.63) is 56.0 Å². The summed E-state index contributed by atoms with van der Waals surface area (Å²) in [6, 6.07) is 9.36. The van der Waals surface area contributed by atoms with Gasteiger partial charge in [0, 0.05) is 5.56 Å². The first-order valence-electron chi connectivity index (χ1n) is 5.99. The molecule has 0 fully saturated rings. The van der Waals surface area contributed by atoms with Crippen molar-refractivity contribution in [3.63, 3.8) is 0 Å². The van der Waals surface area contributed by atoms with Gasteiger partial charge in [-0.3, -0.25) is 0 Å². The van der Waals surface area contributed by atoms with Gasteiger partial charge in [-0.25, -0.2) is 0 Å². The van der Waals surface area contributed by atoms with Crippen molar-refractivity contribution in [2.75, 3.05) is 14.2 Å². The predicted octanol–water partition coefficient (Wildman–Crippen LogP) is 6.26. The molecule has 0 bridgehead atoms. The van der Waals surface area contributed by atoms with Crippen molar-refractivity contribution in [3.8, 4) is 11.5 Å². The minimum atomic E-state index is -0.0792. The molecule has 6 heteroatoms. The fourth-order valence-corrected chi connectivity index (χ4v) is 3.60. The van der Waals surface area contributed by atoms with E-state index in [1.807, 2.05) is 24.3 Å². The first-order chi connectivity index (χ1) is 9.99. The highest BCUT2D eigenvalue weighted by molar-refractivity contribution is 9.10. The number of hydrogen-bond acceptors (Lipinski definition) is 2. The SMILES string of the molecule is COc1ccc(C(Br)c2ccc(Cl)c(Cl)c2)c(OC)c1Br. The second-order valence-electron chi connectivity index (χ2n) is 4.24. The molecule has 0 saturated heterocycles. The molecule has 0 aliphatic heterocycles. The standard InChI is InChI=1S/C15H12Br2Cl2O2/c1-20-12-6-4-9(15(21-2)14(12)17)13(16)8-3-5-10(18)11(19)7-8/h3-7,13H,1-2H3. The van der Waals surface area contributed by atoms with E-state index >= 15 is 0 Å². The van der Waals surface area contributed by atoms with E-state index in [0.29, 0.717) is 21.5 Å². The van der Waals surface area contributed by atoms with Gasteiger partial charge >= 0.3 is 0 Å². The van der Waals surface area contributed by atoms with Crippen LogP contribution >= 0.6 is 55.1 Å². The maximum absolute atomic E-state index is 6.08. The Morgan fingerprint density at radius 2 is 1.71 bits per heavy atom. The summed E-state index contributed by atoms with van der Waals surface area (Å²) in [5, 5.41) is 1.05. The summed E-state index contributed by atoms with van der Waals surface area (Å²) < 4.78 is 11.6. The highest BCUT2D eigenvalue weighted by Crippen LogP contribution is 2.44. The maximum atomic E-state index is 6.08. The van der Waals surface area contributed by atoms with Crippen LogP contribution < -0.4 is 9.47 Å². The predicted molar refractivity (Wildman–Crippen MR) is 94.5 cm³/mol. The van der Waals surface area contributed by atoms with E-state index in [0.717, 1.165) is 15.6 Å². The van der Waals surface area contributed by atoms with Gasteiger partial charge in [-0.2, -0.15) is 0 Å². The molecule has 0 N–H and O–H groups in total. The lowest BCUT2D eigenvalue weighted by Gasteiger charge is -2.18. The summed E-state index contributed by atoms with van der Waals surface area (Å²) in [6.07, 6.45) is 0. The van der Waals surface area contributed by atoms with Crippen molar-refractivity contribution in [1.29, 1.82) is 0 Å². The van der Waals surface area contributed by atoms with E-state index in [2.05, 4.69) is 31.9 Å². The molecule has 2 aromatic rings. The lowest BCUT2D eigenvalue weighted by atomic mass is 10.0. The van der Waals surface area contributed by atoms with E-state index in [1.54, 1.807) is 20.3 Å². The summed E-state index contributed by atoms with van der Waals surface area (Å²) in [6.45, 7) is 0. The molecule has 0 radical (unpaired) electrons. The normalized spacial score (nSPS) is 12.1. The van der Waals surface area contributed by atoms with E-state index in [-0.39, 0.29) is 4.83 Å². The van der Waals surface area contributed by atoms with Crippen molar-refractivity contribution < 1.29 is 9.47 Å². The average molecular weight is 455 g/mol. The number of alkyl halides is 1. The molecule has 0 heterocycles. The average Bonchev–Trinajstić information content (AvgIpc) is 2.49. The molecule has 1 atom stereocenters. The third kappa shape index (κ3) is 3.50. The van der Waals surface area contributed by atoms with Crippen LogP contribution in [0.25, 0.3) is 0 Å². The van der Waals surface area contributed by atoms with Crippen LogP contribution in [0.3, 0.4) is 0 Å². The van der Waals surface area contributed by atoms with Crippen molar-refractivity contribution >= 4 is 55.1 Å². The summed E-state index contributed by atoms with van der Waals surface area (Å²) in [7, 11) is 3.24. The van der Waals surface area contributed by atoms with Crippen LogP contribution in [0.5, 0.6) is 11.5 Å². The second-order valence-corrected chi connectivity index (χ2v) is 6.76. The number of benzene rings is 2. The molecule has 0 aliphatic rings. The van der Waals surface area contributed by atoms with Crippen LogP contribution in [0.2, 0.25) is 10.0 Å². The van der Waals surface area contributed by atoms with Crippen LogP contribution in [-0.4, -0.2) is 14.2 Å². The largest absolute Gasteiger partial charge is 0.495 e. The van der Waals surface area contributed by atoms with E-state index in [9.17, 15) is 0 Å². The molecule has 0 amide bonds. The van der Waals surface area contributed by atoms with Crippen molar-refractivity contribution in [2.45, 2.75) is 4.83 Å². The molecule has 2 aromatic carbocycles. The van der Waals surface area contributed by atoms with Gasteiger partial charge in [-0.15, -0.1) is 0 Å². The van der Waals surface area contributed by atoms with Crippen molar-refractivity contribution in [2.24, 2.45) is 0 Å². The minimum absolute atomic E-state index is 0.0792. The molecular formula is C15H12Br2Cl2O2. The quantitative estimate of drug-likeness (QED) is 0.508. The molecule has 2 nitrogen and oxygen atoms in total. The lowest BCUT2D eigenvalue weighted by Crippen LogP contribution is -1.99. The van der Waals surface area contributed by atoms with Crippen LogP contribution in [0.1, 0.15) is 16.0 Å². The Bertz CT molecular complexity index is 662. The minimum Gasteiger partial charge on any atom is -0.495 e. The summed E-state index contributed by atoms with van der Waals surface area (Å²) in [5.74, 6) is 1.42. The summed E-state index contributed by atoms with van der Waals surface area (Å²) >= 11 is 19.2. The lowest BCUT2D eigenvalue weighted by molar-refractivity contribution is 0.386. The first kappa shape index (κ1) is 16.9. The number of methoxy groups -OCH3 is 2. The van der Waals surface area contributed by atoms with Gasteiger partial charge in [0.15, 0.2) is 0 Å². The topological polar surface area (TPSA) is 18.5 Å². The van der Waals surface area contributed by atoms with E-state index in [1.165, 1.54) is 0 Å². The smallest absolute Gasteiger partial charge is 0.141 e. The van der Waals surface area contributed by atoms with Gasteiger partial charge in [0.05, 0.1) is 29.1 Å². The fraction of sp³-hybridized carbons (Fsp3) is 0.200. The second kappa shape index (κ2) is 7.23. The number of ether oxygens (including phenoxy) is 2. The van der Waals surface area contributed by atoms with Gasteiger partial charge in [-0.05, 0) is 39.7 Å². The molecule has 2 rings (SSSR count). The Hall–Kier alpha value is -0.420. The molecule has 1 unspecified atom stereocenters. The van der Waals surface area contributed by atoms with Crippen LogP contribution in [0, 0.1) is 0 Å². The van der Waals surface area contributed by atoms with Gasteiger partial charge < -0.3 is 9.47 Å². The first-order valence-corrected chi connectivity index (χ1v) is 8.45. The molecule has 0 aromatic heterocycles. The van der Waals surface area contributed by atoms with Crippen molar-refractivity contribution in [1.82, 2.24) is 0 Å². The van der Waals surface area contributed by atoms with Gasteiger partial charge in [0.2, 0.25) is 0 Å². The van der Waals surface area contributed by atoms with E-state index in [4.69, 9.17) is 32.7 Å². The maximum Gasteiger partial charge on any atom is 0.141 e. The summed E-state index contributed by atoms with van der Waals surface area (Å²) in [5.41, 5.74) is 1.95. The van der Waals surface area contributed by atoms with Gasteiger partial charge in [0.1, 0.15) is 16.0 Å². The molecule has 0 spiro atoms. The Kier molecular flexibility index (Phi) is 5.83. The van der Waals surface area contributed by atoms with Gasteiger partial charge in [-0.1, -0.05) is 51.3 Å². The molecular weight excluding hydrogens is 443 g/mol. The van der Waals surface area contributed by atoms with Crippen LogP contribution in [-0.2, 0) is 0 Å².